The van der Waals surface area contributed by atoms with E-state index < -0.39 is 40.6 Å². The number of thiazole rings is 1. The summed E-state index contributed by atoms with van der Waals surface area (Å²) in [7, 11) is 0. The quantitative estimate of drug-likeness (QED) is 0.567. The zero-order valence-electron chi connectivity index (χ0n) is 10.5. The molecule has 1 fully saturated rings. The molecule has 0 radical (unpaired) electrons. The van der Waals surface area contributed by atoms with Gasteiger partial charge in [-0.3, -0.25) is 28.7 Å². The highest BCUT2D eigenvalue weighted by Gasteiger charge is 2.43. The molecular weight excluding hydrogens is 300 g/mol. The van der Waals surface area contributed by atoms with Crippen molar-refractivity contribution in [2.75, 3.05) is 12.3 Å². The summed E-state index contributed by atoms with van der Waals surface area (Å²) in [6, 6.07) is -1.05. The standard InChI is InChI=1S/C11H10N4O5S/c12-10-13-8-7(9(19)14-10)21-11(20)15(8)4-1-3(2-16)5(17)6(4)18/h3-4,16H,1-2H2,(H3,12,13,14,19)/t3-,4-/m1/s1. The lowest BCUT2D eigenvalue weighted by Crippen LogP contribution is -2.26. The summed E-state index contributed by atoms with van der Waals surface area (Å²) in [4.78, 5) is 53.0. The van der Waals surface area contributed by atoms with Crippen LogP contribution in [0.2, 0.25) is 0 Å². The van der Waals surface area contributed by atoms with Crippen molar-refractivity contribution < 1.29 is 14.7 Å². The van der Waals surface area contributed by atoms with Crippen LogP contribution in [-0.2, 0) is 9.59 Å². The van der Waals surface area contributed by atoms with E-state index in [2.05, 4.69) is 9.97 Å². The Kier molecular flexibility index (Phi) is 2.99. The molecule has 1 aliphatic carbocycles. The summed E-state index contributed by atoms with van der Waals surface area (Å²) in [5, 5.41) is 9.09. The van der Waals surface area contributed by atoms with Gasteiger partial charge in [0.05, 0.1) is 12.5 Å². The minimum absolute atomic E-state index is 0.00822. The largest absolute Gasteiger partial charge is 0.396 e. The van der Waals surface area contributed by atoms with Gasteiger partial charge in [0, 0.05) is 0 Å². The molecule has 10 heteroatoms. The van der Waals surface area contributed by atoms with E-state index in [4.69, 9.17) is 10.8 Å². The summed E-state index contributed by atoms with van der Waals surface area (Å²) < 4.78 is 1.06. The smallest absolute Gasteiger partial charge is 0.310 e. The number of carbonyl (C=O) groups excluding carboxylic acids is 2. The van der Waals surface area contributed by atoms with E-state index in [9.17, 15) is 19.2 Å². The summed E-state index contributed by atoms with van der Waals surface area (Å²) in [5.41, 5.74) is 4.85. The van der Waals surface area contributed by atoms with Crippen LogP contribution >= 0.6 is 11.3 Å². The normalized spacial score (nSPS) is 22.3. The van der Waals surface area contributed by atoms with Gasteiger partial charge in [-0.1, -0.05) is 11.3 Å². The molecule has 0 amide bonds. The number of nitrogen functional groups attached to an aromatic ring is 1. The van der Waals surface area contributed by atoms with E-state index in [0.29, 0.717) is 11.3 Å². The molecule has 2 aromatic rings. The van der Waals surface area contributed by atoms with Crippen LogP contribution in [0.3, 0.4) is 0 Å². The molecule has 0 aliphatic heterocycles. The predicted octanol–water partition coefficient (Wildman–Crippen LogP) is -1.58. The van der Waals surface area contributed by atoms with Gasteiger partial charge in [-0.15, -0.1) is 0 Å². The molecular formula is C11H10N4O5S. The van der Waals surface area contributed by atoms with E-state index in [1.165, 1.54) is 0 Å². The SMILES string of the molecule is Nc1nc2c(sc(=O)n2[C@@H]2C[C@H](CO)C(=O)C2=O)c(=O)[nH]1. The summed E-state index contributed by atoms with van der Waals surface area (Å²) in [6.45, 7) is -0.464. The van der Waals surface area contributed by atoms with Gasteiger partial charge in [0.2, 0.25) is 17.5 Å². The molecule has 0 bridgehead atoms. The third kappa shape index (κ3) is 1.91. The molecule has 0 aromatic carbocycles. The van der Waals surface area contributed by atoms with Crippen molar-refractivity contribution in [1.82, 2.24) is 14.5 Å². The van der Waals surface area contributed by atoms with Gasteiger partial charge >= 0.3 is 4.87 Å². The number of Topliss-reactive ketones (excluding diaryl/α,β-unsaturated/α-hetero) is 2. The van der Waals surface area contributed by atoms with Crippen LogP contribution in [0.5, 0.6) is 0 Å². The third-order valence-electron chi connectivity index (χ3n) is 3.45. The number of anilines is 1. The molecule has 2 aromatic heterocycles. The van der Waals surface area contributed by atoms with Crippen LogP contribution in [0.4, 0.5) is 5.95 Å². The first-order valence-electron chi connectivity index (χ1n) is 6.03. The second kappa shape index (κ2) is 4.60. The Morgan fingerprint density at radius 3 is 2.67 bits per heavy atom. The van der Waals surface area contributed by atoms with Crippen molar-refractivity contribution >= 4 is 39.2 Å². The Hall–Kier alpha value is -2.33. The van der Waals surface area contributed by atoms with Gasteiger partial charge < -0.3 is 10.8 Å². The van der Waals surface area contributed by atoms with Crippen molar-refractivity contribution in [2.45, 2.75) is 12.5 Å². The average molecular weight is 310 g/mol. The molecule has 2 atom stereocenters. The first kappa shape index (κ1) is 13.6. The van der Waals surface area contributed by atoms with E-state index in [1.54, 1.807) is 0 Å². The van der Waals surface area contributed by atoms with E-state index in [0.717, 1.165) is 4.57 Å². The maximum Gasteiger partial charge on any atom is 0.310 e. The van der Waals surface area contributed by atoms with Crippen molar-refractivity contribution in [3.63, 3.8) is 0 Å². The summed E-state index contributed by atoms with van der Waals surface area (Å²) in [5.74, 6) is -2.50. The fourth-order valence-electron chi connectivity index (χ4n) is 2.45. The van der Waals surface area contributed by atoms with Gasteiger partial charge in [-0.2, -0.15) is 4.98 Å². The third-order valence-corrected chi connectivity index (χ3v) is 4.39. The Labute approximate surface area is 120 Å². The lowest BCUT2D eigenvalue weighted by molar-refractivity contribution is -0.137. The number of fused-ring (bicyclic) bond motifs is 1. The average Bonchev–Trinajstić information content (AvgIpc) is 2.89. The number of nitrogens with zero attached hydrogens (tertiary/aromatic N) is 2. The van der Waals surface area contributed by atoms with Crippen molar-refractivity contribution in [1.29, 1.82) is 0 Å². The molecule has 9 nitrogen and oxygen atoms in total. The number of hydrogen-bond acceptors (Lipinski definition) is 8. The lowest BCUT2D eigenvalue weighted by atomic mass is 10.1. The summed E-state index contributed by atoms with van der Waals surface area (Å²) >= 11 is 0.633. The highest BCUT2D eigenvalue weighted by Crippen LogP contribution is 2.30. The number of hydrogen-bond donors (Lipinski definition) is 3. The van der Waals surface area contributed by atoms with Gasteiger partial charge in [0.1, 0.15) is 10.7 Å². The Balaban J connectivity index is 2.24. The number of ketones is 2. The topological polar surface area (TPSA) is 148 Å². The van der Waals surface area contributed by atoms with Crippen molar-refractivity contribution in [3.05, 3.63) is 20.0 Å². The number of nitrogens with two attached hydrogens (primary N) is 1. The monoisotopic (exact) mass is 310 g/mol. The van der Waals surface area contributed by atoms with E-state index in [1.807, 2.05) is 0 Å². The Bertz CT molecular complexity index is 879. The summed E-state index contributed by atoms with van der Waals surface area (Å²) in [6.07, 6.45) is 0.00822. The first-order chi connectivity index (χ1) is 9.93. The van der Waals surface area contributed by atoms with Crippen LogP contribution in [0.15, 0.2) is 9.59 Å². The maximum atomic E-state index is 12.1. The lowest BCUT2D eigenvalue weighted by Gasteiger charge is -2.09. The fourth-order valence-corrected chi connectivity index (χ4v) is 3.32. The Morgan fingerprint density at radius 2 is 2.05 bits per heavy atom. The van der Waals surface area contributed by atoms with Crippen LogP contribution in [-0.4, -0.2) is 37.8 Å². The van der Waals surface area contributed by atoms with Crippen LogP contribution in [0.1, 0.15) is 12.5 Å². The van der Waals surface area contributed by atoms with Crippen molar-refractivity contribution in [3.8, 4) is 0 Å². The number of carbonyl (C=O) groups is 2. The van der Waals surface area contributed by atoms with Gasteiger partial charge in [-0.05, 0) is 6.42 Å². The molecule has 4 N–H and O–H groups in total. The maximum absolute atomic E-state index is 12.1. The number of aromatic amines is 1. The highest BCUT2D eigenvalue weighted by atomic mass is 32.1. The number of aromatic nitrogens is 3. The van der Waals surface area contributed by atoms with Gasteiger partial charge in [-0.25, -0.2) is 0 Å². The molecule has 1 saturated carbocycles. The second-order valence-corrected chi connectivity index (χ2v) is 5.66. The minimum atomic E-state index is -1.05. The molecule has 110 valence electrons. The van der Waals surface area contributed by atoms with Crippen molar-refractivity contribution in [2.24, 2.45) is 5.92 Å². The first-order valence-corrected chi connectivity index (χ1v) is 6.85. The molecule has 21 heavy (non-hydrogen) atoms. The molecule has 2 heterocycles. The number of nitrogens with one attached hydrogen (secondary N) is 1. The van der Waals surface area contributed by atoms with Crippen LogP contribution in [0, 0.1) is 5.92 Å². The Morgan fingerprint density at radius 1 is 1.33 bits per heavy atom. The number of aliphatic hydroxyl groups excluding tert-OH is 1. The number of H-pyrrole nitrogens is 1. The van der Waals surface area contributed by atoms with Crippen LogP contribution in [0.25, 0.3) is 10.3 Å². The van der Waals surface area contributed by atoms with E-state index >= 15 is 0 Å². The van der Waals surface area contributed by atoms with E-state index in [-0.39, 0.29) is 22.7 Å². The predicted molar refractivity (Wildman–Crippen MR) is 73.2 cm³/mol. The molecule has 0 spiro atoms. The molecule has 3 rings (SSSR count). The number of rotatable bonds is 2. The molecule has 1 aliphatic rings. The zero-order chi connectivity index (χ0) is 15.3. The fraction of sp³-hybridized carbons (Fsp3) is 0.364. The molecule has 0 unspecified atom stereocenters. The second-order valence-electron chi connectivity index (χ2n) is 4.70. The van der Waals surface area contributed by atoms with Crippen LogP contribution < -0.4 is 16.2 Å². The molecule has 0 saturated heterocycles. The highest BCUT2D eigenvalue weighted by molar-refractivity contribution is 7.16. The van der Waals surface area contributed by atoms with Gasteiger partial charge in [0.25, 0.3) is 5.56 Å². The minimum Gasteiger partial charge on any atom is -0.396 e. The zero-order valence-corrected chi connectivity index (χ0v) is 11.3. The number of aliphatic hydroxyl groups is 1. The van der Waals surface area contributed by atoms with Gasteiger partial charge in [0.15, 0.2) is 5.65 Å².